The first-order chi connectivity index (χ1) is 10.2. The first-order valence-electron chi connectivity index (χ1n) is 6.66. The van der Waals surface area contributed by atoms with Gasteiger partial charge in [0.25, 0.3) is 0 Å². The van der Waals surface area contributed by atoms with Crippen molar-refractivity contribution in [1.29, 1.82) is 0 Å². The second kappa shape index (κ2) is 5.92. The third kappa shape index (κ3) is 2.69. The van der Waals surface area contributed by atoms with E-state index in [1.165, 1.54) is 6.07 Å². The van der Waals surface area contributed by atoms with Gasteiger partial charge in [0.1, 0.15) is 5.82 Å². The predicted molar refractivity (Wildman–Crippen MR) is 86.7 cm³/mol. The van der Waals surface area contributed by atoms with E-state index >= 15 is 0 Å². The molecule has 0 fully saturated rings. The number of para-hydroxylation sites is 1. The van der Waals surface area contributed by atoms with Gasteiger partial charge >= 0.3 is 0 Å². The maximum atomic E-state index is 14.2. The summed E-state index contributed by atoms with van der Waals surface area (Å²) in [6.45, 7) is 0. The summed E-state index contributed by atoms with van der Waals surface area (Å²) in [7, 11) is 1.83. The number of nitrogens with zero attached hydrogens (tertiary/aromatic N) is 1. The zero-order valence-corrected chi connectivity index (χ0v) is 13.1. The van der Waals surface area contributed by atoms with Crippen LogP contribution in [0.5, 0.6) is 0 Å². The summed E-state index contributed by atoms with van der Waals surface area (Å²) < 4.78 is 15.1. The monoisotopic (exact) mass is 344 g/mol. The Morgan fingerprint density at radius 1 is 1.10 bits per heavy atom. The van der Waals surface area contributed by atoms with E-state index in [9.17, 15) is 4.39 Å². The topological polar surface area (TPSA) is 24.9 Å². The second-order valence-electron chi connectivity index (χ2n) is 4.81. The zero-order chi connectivity index (χ0) is 14.8. The van der Waals surface area contributed by atoms with Gasteiger partial charge in [-0.15, -0.1) is 0 Å². The van der Waals surface area contributed by atoms with Gasteiger partial charge in [-0.3, -0.25) is 4.98 Å². The van der Waals surface area contributed by atoms with Crippen LogP contribution in [0.2, 0.25) is 0 Å². The molecule has 1 unspecified atom stereocenters. The molecule has 0 spiro atoms. The van der Waals surface area contributed by atoms with Gasteiger partial charge in [0.2, 0.25) is 0 Å². The molecule has 1 N–H and O–H groups in total. The van der Waals surface area contributed by atoms with Crippen molar-refractivity contribution in [3.05, 3.63) is 76.1 Å². The van der Waals surface area contributed by atoms with Crippen LogP contribution < -0.4 is 5.32 Å². The number of aromatic nitrogens is 1. The van der Waals surface area contributed by atoms with E-state index in [0.29, 0.717) is 5.56 Å². The molecule has 4 heteroatoms. The van der Waals surface area contributed by atoms with Crippen LogP contribution in [0.4, 0.5) is 4.39 Å². The Balaban J connectivity index is 2.21. The van der Waals surface area contributed by atoms with Gasteiger partial charge in [-0.1, -0.05) is 40.2 Å². The highest BCUT2D eigenvalue weighted by atomic mass is 79.9. The molecule has 0 saturated carbocycles. The minimum atomic E-state index is -0.249. The molecule has 0 bridgehead atoms. The van der Waals surface area contributed by atoms with E-state index in [-0.39, 0.29) is 11.9 Å². The molecule has 106 valence electrons. The van der Waals surface area contributed by atoms with Gasteiger partial charge in [-0.2, -0.15) is 0 Å². The highest BCUT2D eigenvalue weighted by Gasteiger charge is 2.19. The van der Waals surface area contributed by atoms with Gasteiger partial charge < -0.3 is 5.32 Å². The molecule has 21 heavy (non-hydrogen) atoms. The number of hydrogen-bond acceptors (Lipinski definition) is 2. The molecule has 1 aromatic heterocycles. The maximum Gasteiger partial charge on any atom is 0.128 e. The summed E-state index contributed by atoms with van der Waals surface area (Å²) in [4.78, 5) is 4.45. The molecule has 2 aromatic carbocycles. The van der Waals surface area contributed by atoms with Crippen molar-refractivity contribution >= 4 is 26.8 Å². The summed E-state index contributed by atoms with van der Waals surface area (Å²) in [5.74, 6) is -0.231. The Labute approximate surface area is 131 Å². The molecule has 1 heterocycles. The highest BCUT2D eigenvalue weighted by molar-refractivity contribution is 9.10. The van der Waals surface area contributed by atoms with E-state index in [2.05, 4.69) is 26.2 Å². The van der Waals surface area contributed by atoms with Crippen molar-refractivity contribution in [2.75, 3.05) is 7.05 Å². The number of fused-ring (bicyclic) bond motifs is 1. The Hall–Kier alpha value is -1.78. The lowest BCUT2D eigenvalue weighted by atomic mass is 9.96. The molecule has 0 amide bonds. The number of rotatable bonds is 3. The third-order valence-electron chi connectivity index (χ3n) is 3.53. The van der Waals surface area contributed by atoms with Crippen molar-refractivity contribution in [2.24, 2.45) is 0 Å². The fraction of sp³-hybridized carbons (Fsp3) is 0.118. The number of nitrogens with one attached hydrogen (secondary N) is 1. The number of pyridine rings is 1. The molecule has 0 saturated heterocycles. The Kier molecular flexibility index (Phi) is 3.99. The molecular formula is C17H14BrFN2. The van der Waals surface area contributed by atoms with Crippen LogP contribution in [-0.4, -0.2) is 12.0 Å². The van der Waals surface area contributed by atoms with Gasteiger partial charge in [0, 0.05) is 21.6 Å². The summed E-state index contributed by atoms with van der Waals surface area (Å²) >= 11 is 3.41. The van der Waals surface area contributed by atoms with Gasteiger partial charge in [-0.05, 0) is 36.9 Å². The van der Waals surface area contributed by atoms with Gasteiger partial charge in [-0.25, -0.2) is 4.39 Å². The summed E-state index contributed by atoms with van der Waals surface area (Å²) in [5.41, 5.74) is 2.45. The standard InChI is InChI=1S/C17H14BrFN2/c1-20-17(14-10-12(18)7-8-15(14)19)13-6-2-4-11-5-3-9-21-16(11)13/h2-10,17,20H,1H3. The van der Waals surface area contributed by atoms with Crippen LogP contribution in [0.15, 0.2) is 59.2 Å². The first-order valence-corrected chi connectivity index (χ1v) is 7.46. The lowest BCUT2D eigenvalue weighted by Gasteiger charge is -2.19. The largest absolute Gasteiger partial charge is 0.309 e. The van der Waals surface area contributed by atoms with Crippen molar-refractivity contribution < 1.29 is 4.39 Å². The van der Waals surface area contributed by atoms with Crippen LogP contribution >= 0.6 is 15.9 Å². The molecular weight excluding hydrogens is 331 g/mol. The average Bonchev–Trinajstić information content (AvgIpc) is 2.51. The third-order valence-corrected chi connectivity index (χ3v) is 4.03. The predicted octanol–water partition coefficient (Wildman–Crippen LogP) is 4.45. The van der Waals surface area contributed by atoms with Gasteiger partial charge in [0.05, 0.1) is 11.6 Å². The molecule has 1 atom stereocenters. The van der Waals surface area contributed by atoms with Gasteiger partial charge in [0.15, 0.2) is 0 Å². The lowest BCUT2D eigenvalue weighted by Crippen LogP contribution is -2.19. The maximum absolute atomic E-state index is 14.2. The van der Waals surface area contributed by atoms with Crippen LogP contribution in [0.3, 0.4) is 0 Å². The molecule has 0 aliphatic heterocycles. The number of halogens is 2. The van der Waals surface area contributed by atoms with Crippen molar-refractivity contribution in [3.63, 3.8) is 0 Å². The van der Waals surface area contributed by atoms with Crippen molar-refractivity contribution in [3.8, 4) is 0 Å². The van der Waals surface area contributed by atoms with Crippen molar-refractivity contribution in [1.82, 2.24) is 10.3 Å². The van der Waals surface area contributed by atoms with Crippen LogP contribution in [0.25, 0.3) is 10.9 Å². The normalized spacial score (nSPS) is 12.5. The summed E-state index contributed by atoms with van der Waals surface area (Å²) in [6.07, 6.45) is 1.76. The number of hydrogen-bond donors (Lipinski definition) is 1. The smallest absolute Gasteiger partial charge is 0.128 e. The fourth-order valence-electron chi connectivity index (χ4n) is 2.58. The molecule has 3 rings (SSSR count). The van der Waals surface area contributed by atoms with Crippen molar-refractivity contribution in [2.45, 2.75) is 6.04 Å². The Morgan fingerprint density at radius 3 is 2.71 bits per heavy atom. The second-order valence-corrected chi connectivity index (χ2v) is 5.73. The average molecular weight is 345 g/mol. The minimum Gasteiger partial charge on any atom is -0.309 e. The Morgan fingerprint density at radius 2 is 1.90 bits per heavy atom. The number of benzene rings is 2. The molecule has 0 radical (unpaired) electrons. The summed E-state index contributed by atoms with van der Waals surface area (Å²) in [5, 5.41) is 4.24. The van der Waals surface area contributed by atoms with E-state index in [1.54, 1.807) is 18.3 Å². The quantitative estimate of drug-likeness (QED) is 0.759. The Bertz CT molecular complexity index is 783. The lowest BCUT2D eigenvalue weighted by molar-refractivity contribution is 0.577. The van der Waals surface area contributed by atoms with E-state index < -0.39 is 0 Å². The molecule has 0 aliphatic rings. The first kappa shape index (κ1) is 14.2. The molecule has 2 nitrogen and oxygen atoms in total. The molecule has 0 aliphatic carbocycles. The van der Waals surface area contributed by atoms with E-state index in [1.807, 2.05) is 37.4 Å². The minimum absolute atomic E-state index is 0.231. The van der Waals surface area contributed by atoms with E-state index in [4.69, 9.17) is 0 Å². The molecule has 3 aromatic rings. The zero-order valence-electron chi connectivity index (χ0n) is 11.5. The van der Waals surface area contributed by atoms with Crippen LogP contribution in [0, 0.1) is 5.82 Å². The van der Waals surface area contributed by atoms with E-state index in [0.717, 1.165) is 20.9 Å². The summed E-state index contributed by atoms with van der Waals surface area (Å²) in [6, 6.07) is 14.6. The fourth-order valence-corrected chi connectivity index (χ4v) is 2.95. The van der Waals surface area contributed by atoms with Crippen LogP contribution in [0.1, 0.15) is 17.2 Å². The SMILES string of the molecule is CNC(c1cc(Br)ccc1F)c1cccc2cccnc12. The highest BCUT2D eigenvalue weighted by Crippen LogP contribution is 2.30. The van der Waals surface area contributed by atoms with Crippen LogP contribution in [-0.2, 0) is 0 Å².